The fourth-order valence-electron chi connectivity index (χ4n) is 3.65. The number of amides is 3. The van der Waals surface area contributed by atoms with Crippen molar-refractivity contribution in [3.05, 3.63) is 95.1 Å². The second-order valence-electron chi connectivity index (χ2n) is 8.74. The highest BCUT2D eigenvalue weighted by atomic mass is 32.1. The van der Waals surface area contributed by atoms with E-state index in [0.717, 1.165) is 10.5 Å². The van der Waals surface area contributed by atoms with E-state index in [9.17, 15) is 14.4 Å². The van der Waals surface area contributed by atoms with E-state index in [0.29, 0.717) is 16.9 Å². The molecule has 0 unspecified atom stereocenters. The van der Waals surface area contributed by atoms with Crippen LogP contribution in [0.3, 0.4) is 0 Å². The van der Waals surface area contributed by atoms with Crippen LogP contribution in [-0.2, 0) is 5.41 Å². The summed E-state index contributed by atoms with van der Waals surface area (Å²) in [7, 11) is 0. The number of carbonyl (C=O) groups excluding carboxylic acids is 3. The third kappa shape index (κ3) is 4.40. The molecule has 0 radical (unpaired) electrons. The number of rotatable bonds is 3. The Hall–Kier alpha value is -3.84. The van der Waals surface area contributed by atoms with Gasteiger partial charge in [-0.15, -0.1) is 0 Å². The first-order chi connectivity index (χ1) is 15.7. The van der Waals surface area contributed by atoms with Crippen LogP contribution < -0.4 is 15.5 Å². The molecule has 3 aromatic rings. The van der Waals surface area contributed by atoms with Crippen LogP contribution in [0.15, 0.2) is 72.8 Å². The highest BCUT2D eigenvalue weighted by molar-refractivity contribution is 7.80. The second kappa shape index (κ2) is 8.60. The van der Waals surface area contributed by atoms with Crippen LogP contribution in [0.1, 0.15) is 57.4 Å². The smallest absolute Gasteiger partial charge is 0.268 e. The van der Waals surface area contributed by atoms with Crippen LogP contribution in [0.2, 0.25) is 0 Å². The van der Waals surface area contributed by atoms with Crippen molar-refractivity contribution in [2.45, 2.75) is 26.2 Å². The lowest BCUT2D eigenvalue weighted by Gasteiger charge is -2.19. The average molecular weight is 458 g/mol. The van der Waals surface area contributed by atoms with Crippen molar-refractivity contribution >= 4 is 46.4 Å². The first-order valence-electron chi connectivity index (χ1n) is 10.5. The van der Waals surface area contributed by atoms with Gasteiger partial charge in [0, 0.05) is 5.56 Å². The molecule has 2 N–H and O–H groups in total. The van der Waals surface area contributed by atoms with Crippen LogP contribution in [0.4, 0.5) is 11.4 Å². The van der Waals surface area contributed by atoms with Crippen LogP contribution in [0, 0.1) is 0 Å². The number of anilines is 2. The molecule has 0 saturated heterocycles. The van der Waals surface area contributed by atoms with Crippen LogP contribution in [0.25, 0.3) is 0 Å². The van der Waals surface area contributed by atoms with Gasteiger partial charge in [0.15, 0.2) is 5.11 Å². The van der Waals surface area contributed by atoms with Gasteiger partial charge in [-0.05, 0) is 59.6 Å². The number of imide groups is 1. The monoisotopic (exact) mass is 457 g/mol. The average Bonchev–Trinajstić information content (AvgIpc) is 3.04. The first kappa shape index (κ1) is 22.4. The van der Waals surface area contributed by atoms with E-state index in [4.69, 9.17) is 12.2 Å². The lowest BCUT2D eigenvalue weighted by atomic mass is 9.87. The zero-order chi connectivity index (χ0) is 23.8. The molecule has 1 aliphatic rings. The second-order valence-corrected chi connectivity index (χ2v) is 9.15. The molecule has 0 aliphatic carbocycles. The number of thiocarbonyl (C=S) groups is 1. The topological polar surface area (TPSA) is 78.5 Å². The molecule has 0 saturated carbocycles. The fourth-order valence-corrected chi connectivity index (χ4v) is 3.85. The van der Waals surface area contributed by atoms with E-state index >= 15 is 0 Å². The number of hydrogen-bond donors (Lipinski definition) is 2. The van der Waals surface area contributed by atoms with Gasteiger partial charge in [0.1, 0.15) is 0 Å². The first-order valence-corrected chi connectivity index (χ1v) is 10.9. The Morgan fingerprint density at radius 3 is 2.15 bits per heavy atom. The molecule has 3 aromatic carbocycles. The molecule has 0 spiro atoms. The van der Waals surface area contributed by atoms with E-state index in [1.54, 1.807) is 54.6 Å². The van der Waals surface area contributed by atoms with E-state index in [-0.39, 0.29) is 27.6 Å². The Labute approximate surface area is 197 Å². The SMILES string of the molecule is CC(C)(C)c1ccc(C(=O)NC(=S)Nc2cccc3c2C(=O)N(c2ccccc2)C3=O)cc1. The third-order valence-electron chi connectivity index (χ3n) is 5.42. The van der Waals surface area contributed by atoms with E-state index in [1.165, 1.54) is 0 Å². The minimum atomic E-state index is -0.448. The van der Waals surface area contributed by atoms with Gasteiger partial charge in [-0.1, -0.05) is 57.2 Å². The summed E-state index contributed by atoms with van der Waals surface area (Å²) in [5.41, 5.74) is 2.91. The molecule has 7 heteroatoms. The molecular formula is C26H23N3O3S. The number of nitrogens with zero attached hydrogens (tertiary/aromatic N) is 1. The predicted octanol–water partition coefficient (Wildman–Crippen LogP) is 4.91. The Balaban J connectivity index is 1.51. The number of nitrogens with one attached hydrogen (secondary N) is 2. The van der Waals surface area contributed by atoms with Gasteiger partial charge >= 0.3 is 0 Å². The quantitative estimate of drug-likeness (QED) is 0.432. The maximum atomic E-state index is 13.1. The minimum Gasteiger partial charge on any atom is -0.332 e. The largest absolute Gasteiger partial charge is 0.332 e. The summed E-state index contributed by atoms with van der Waals surface area (Å²) in [6.07, 6.45) is 0. The summed E-state index contributed by atoms with van der Waals surface area (Å²) in [5.74, 6) is -1.22. The normalized spacial score (nSPS) is 13.0. The molecule has 3 amide bonds. The molecule has 33 heavy (non-hydrogen) atoms. The molecule has 0 bridgehead atoms. The van der Waals surface area contributed by atoms with Crippen molar-refractivity contribution in [3.63, 3.8) is 0 Å². The summed E-state index contributed by atoms with van der Waals surface area (Å²) in [6, 6.07) is 21.0. The Bertz CT molecular complexity index is 1260. The van der Waals surface area contributed by atoms with Crippen LogP contribution >= 0.6 is 12.2 Å². The van der Waals surface area contributed by atoms with Crippen molar-refractivity contribution in [1.82, 2.24) is 5.32 Å². The Kier molecular flexibility index (Phi) is 5.82. The maximum absolute atomic E-state index is 13.1. The van der Waals surface area contributed by atoms with Crippen LogP contribution in [0.5, 0.6) is 0 Å². The summed E-state index contributed by atoms with van der Waals surface area (Å²) in [6.45, 7) is 6.30. The number of benzene rings is 3. The van der Waals surface area contributed by atoms with E-state index in [2.05, 4.69) is 31.4 Å². The maximum Gasteiger partial charge on any atom is 0.268 e. The van der Waals surface area contributed by atoms with Gasteiger partial charge in [-0.3, -0.25) is 19.7 Å². The number of fused-ring (bicyclic) bond motifs is 1. The molecule has 1 aliphatic heterocycles. The van der Waals surface area contributed by atoms with Crippen molar-refractivity contribution in [2.24, 2.45) is 0 Å². The van der Waals surface area contributed by atoms with Crippen molar-refractivity contribution in [3.8, 4) is 0 Å². The van der Waals surface area contributed by atoms with Gasteiger partial charge in [0.05, 0.1) is 22.5 Å². The molecule has 166 valence electrons. The Morgan fingerprint density at radius 1 is 0.848 bits per heavy atom. The lowest BCUT2D eigenvalue weighted by molar-refractivity contribution is 0.0924. The van der Waals surface area contributed by atoms with Gasteiger partial charge in [-0.25, -0.2) is 4.90 Å². The highest BCUT2D eigenvalue weighted by Crippen LogP contribution is 2.32. The summed E-state index contributed by atoms with van der Waals surface area (Å²) >= 11 is 5.31. The zero-order valence-electron chi connectivity index (χ0n) is 18.5. The number of carbonyl (C=O) groups is 3. The zero-order valence-corrected chi connectivity index (χ0v) is 19.3. The summed E-state index contributed by atoms with van der Waals surface area (Å²) in [4.78, 5) is 39.7. The molecule has 4 rings (SSSR count). The molecule has 0 atom stereocenters. The molecule has 0 aromatic heterocycles. The molecule has 0 fully saturated rings. The van der Waals surface area contributed by atoms with Gasteiger partial charge < -0.3 is 5.32 Å². The Morgan fingerprint density at radius 2 is 1.52 bits per heavy atom. The van der Waals surface area contributed by atoms with E-state index < -0.39 is 11.8 Å². The molecule has 6 nitrogen and oxygen atoms in total. The van der Waals surface area contributed by atoms with Crippen molar-refractivity contribution in [1.29, 1.82) is 0 Å². The van der Waals surface area contributed by atoms with E-state index in [1.807, 2.05) is 18.2 Å². The molecular weight excluding hydrogens is 434 g/mol. The predicted molar refractivity (Wildman–Crippen MR) is 133 cm³/mol. The summed E-state index contributed by atoms with van der Waals surface area (Å²) < 4.78 is 0. The van der Waals surface area contributed by atoms with Gasteiger partial charge in [-0.2, -0.15) is 0 Å². The van der Waals surface area contributed by atoms with Crippen molar-refractivity contribution < 1.29 is 14.4 Å². The third-order valence-corrected chi connectivity index (χ3v) is 5.62. The molecule has 1 heterocycles. The standard InChI is InChI=1S/C26H23N3O3S/c1-26(2,3)17-14-12-16(13-15-17)22(30)28-25(33)27-20-11-7-10-19-21(20)24(32)29(23(19)31)18-8-5-4-6-9-18/h4-15H,1-3H3,(H2,27,28,30,33). The van der Waals surface area contributed by atoms with Crippen molar-refractivity contribution in [2.75, 3.05) is 10.2 Å². The van der Waals surface area contributed by atoms with Gasteiger partial charge in [0.2, 0.25) is 0 Å². The lowest BCUT2D eigenvalue weighted by Crippen LogP contribution is -2.34. The van der Waals surface area contributed by atoms with Gasteiger partial charge in [0.25, 0.3) is 17.7 Å². The number of hydrogen-bond acceptors (Lipinski definition) is 4. The minimum absolute atomic E-state index is 0.0167. The summed E-state index contributed by atoms with van der Waals surface area (Å²) in [5, 5.41) is 5.57. The highest BCUT2D eigenvalue weighted by Gasteiger charge is 2.38. The fraction of sp³-hybridized carbons (Fsp3) is 0.154. The number of para-hydroxylation sites is 1. The van der Waals surface area contributed by atoms with Crippen LogP contribution in [-0.4, -0.2) is 22.8 Å².